The molecule has 0 fully saturated rings. The Balaban J connectivity index is 3.20. The van der Waals surface area contributed by atoms with Crippen molar-refractivity contribution in [2.24, 2.45) is 0 Å². The number of hydrogen-bond donors (Lipinski definition) is 2. The number of carbonyl (C=O) groups is 1. The summed E-state index contributed by atoms with van der Waals surface area (Å²) in [4.78, 5) is 10.9. The second-order valence-electron chi connectivity index (χ2n) is 3.70. The standard InChI is InChI=1S/C12H12INO4S/c1-3-8(4-2)14-19(17,18)9-5-6-11(13)10(7-9)12(15)16/h1,5-8,14H,4H2,2H3,(H,15,16). The van der Waals surface area contributed by atoms with Gasteiger partial charge in [-0.05, 0) is 47.2 Å². The van der Waals surface area contributed by atoms with Gasteiger partial charge in [0.1, 0.15) is 0 Å². The zero-order valence-electron chi connectivity index (χ0n) is 10.1. The van der Waals surface area contributed by atoms with Crippen LogP contribution in [0.1, 0.15) is 23.7 Å². The highest BCUT2D eigenvalue weighted by molar-refractivity contribution is 14.1. The lowest BCUT2D eigenvalue weighted by molar-refractivity contribution is 0.0695. The fraction of sp³-hybridized carbons (Fsp3) is 0.250. The van der Waals surface area contributed by atoms with Crippen LogP contribution in [-0.4, -0.2) is 25.5 Å². The third kappa shape index (κ3) is 3.92. The van der Waals surface area contributed by atoms with E-state index in [1.165, 1.54) is 12.1 Å². The molecule has 0 saturated carbocycles. The van der Waals surface area contributed by atoms with E-state index in [0.29, 0.717) is 9.99 Å². The normalized spacial score (nSPS) is 12.7. The van der Waals surface area contributed by atoms with Gasteiger partial charge < -0.3 is 5.11 Å². The molecular formula is C12H12INO4S. The van der Waals surface area contributed by atoms with E-state index < -0.39 is 22.0 Å². The molecule has 19 heavy (non-hydrogen) atoms. The van der Waals surface area contributed by atoms with Crippen molar-refractivity contribution in [2.75, 3.05) is 0 Å². The third-order valence-electron chi connectivity index (χ3n) is 2.39. The maximum absolute atomic E-state index is 12.0. The zero-order valence-corrected chi connectivity index (χ0v) is 13.0. The maximum Gasteiger partial charge on any atom is 0.336 e. The molecule has 7 heteroatoms. The van der Waals surface area contributed by atoms with Gasteiger partial charge in [-0.1, -0.05) is 12.8 Å². The van der Waals surface area contributed by atoms with E-state index in [-0.39, 0.29) is 10.5 Å². The number of sulfonamides is 1. The molecule has 1 unspecified atom stereocenters. The summed E-state index contributed by atoms with van der Waals surface area (Å²) < 4.78 is 26.9. The summed E-state index contributed by atoms with van der Waals surface area (Å²) in [5.74, 6) is 1.14. The third-order valence-corrected chi connectivity index (χ3v) is 4.80. The van der Waals surface area contributed by atoms with Crippen LogP contribution in [0.15, 0.2) is 23.1 Å². The molecule has 5 nitrogen and oxygen atoms in total. The van der Waals surface area contributed by atoms with Crippen LogP contribution < -0.4 is 4.72 Å². The Bertz CT molecular complexity index is 634. The Morgan fingerprint density at radius 1 is 1.58 bits per heavy atom. The van der Waals surface area contributed by atoms with Crippen molar-refractivity contribution in [3.63, 3.8) is 0 Å². The van der Waals surface area contributed by atoms with Crippen LogP contribution in [0.4, 0.5) is 0 Å². The van der Waals surface area contributed by atoms with Crippen molar-refractivity contribution in [1.82, 2.24) is 4.72 Å². The number of hydrogen-bond acceptors (Lipinski definition) is 3. The lowest BCUT2D eigenvalue weighted by atomic mass is 10.2. The first kappa shape index (κ1) is 15.9. The Morgan fingerprint density at radius 3 is 2.68 bits per heavy atom. The van der Waals surface area contributed by atoms with Gasteiger partial charge in [-0.2, -0.15) is 4.72 Å². The highest BCUT2D eigenvalue weighted by Gasteiger charge is 2.20. The Kier molecular flexibility index (Phi) is 5.34. The second-order valence-corrected chi connectivity index (χ2v) is 6.57. The lowest BCUT2D eigenvalue weighted by Crippen LogP contribution is -2.33. The molecule has 0 heterocycles. The molecule has 0 spiro atoms. The van der Waals surface area contributed by atoms with E-state index >= 15 is 0 Å². The fourth-order valence-corrected chi connectivity index (χ4v) is 3.16. The number of nitrogens with one attached hydrogen (secondary N) is 1. The van der Waals surface area contributed by atoms with E-state index in [1.54, 1.807) is 6.92 Å². The van der Waals surface area contributed by atoms with Crippen LogP contribution in [-0.2, 0) is 10.0 Å². The molecule has 0 aliphatic carbocycles. The molecule has 0 amide bonds. The minimum Gasteiger partial charge on any atom is -0.478 e. The van der Waals surface area contributed by atoms with Gasteiger partial charge in [0.15, 0.2) is 0 Å². The topological polar surface area (TPSA) is 83.5 Å². The first-order valence-corrected chi connectivity index (χ1v) is 7.89. The number of rotatable bonds is 5. The number of carboxylic acid groups (broad SMARTS) is 1. The average Bonchev–Trinajstić information content (AvgIpc) is 2.35. The van der Waals surface area contributed by atoms with Crippen LogP contribution >= 0.6 is 22.6 Å². The van der Waals surface area contributed by atoms with Crippen molar-refractivity contribution >= 4 is 38.6 Å². The summed E-state index contributed by atoms with van der Waals surface area (Å²) in [6.07, 6.45) is 5.65. The Morgan fingerprint density at radius 2 is 2.21 bits per heavy atom. The summed E-state index contributed by atoms with van der Waals surface area (Å²) in [5, 5.41) is 8.98. The van der Waals surface area contributed by atoms with Crippen LogP contribution in [0, 0.1) is 15.9 Å². The molecule has 0 bridgehead atoms. The van der Waals surface area contributed by atoms with E-state index in [2.05, 4.69) is 10.6 Å². The van der Waals surface area contributed by atoms with Gasteiger partial charge in [-0.15, -0.1) is 6.42 Å². The van der Waals surface area contributed by atoms with Gasteiger partial charge in [-0.3, -0.25) is 0 Å². The largest absolute Gasteiger partial charge is 0.478 e. The van der Waals surface area contributed by atoms with E-state index in [1.807, 2.05) is 22.6 Å². The van der Waals surface area contributed by atoms with E-state index in [9.17, 15) is 13.2 Å². The zero-order chi connectivity index (χ0) is 14.6. The van der Waals surface area contributed by atoms with E-state index in [4.69, 9.17) is 11.5 Å². The summed E-state index contributed by atoms with van der Waals surface area (Å²) in [6.45, 7) is 1.75. The molecule has 0 radical (unpaired) electrons. The highest BCUT2D eigenvalue weighted by Crippen LogP contribution is 2.18. The first-order chi connectivity index (χ1) is 8.81. The minimum atomic E-state index is -3.82. The monoisotopic (exact) mass is 393 g/mol. The van der Waals surface area contributed by atoms with Gasteiger partial charge in [0.2, 0.25) is 10.0 Å². The highest BCUT2D eigenvalue weighted by atomic mass is 127. The average molecular weight is 393 g/mol. The van der Waals surface area contributed by atoms with Crippen LogP contribution in [0.3, 0.4) is 0 Å². The number of halogens is 1. The van der Waals surface area contributed by atoms with Gasteiger partial charge in [-0.25, -0.2) is 13.2 Å². The lowest BCUT2D eigenvalue weighted by Gasteiger charge is -2.12. The minimum absolute atomic E-state index is 0.0581. The molecule has 0 aliphatic heterocycles. The molecule has 2 N–H and O–H groups in total. The van der Waals surface area contributed by atoms with Crippen molar-refractivity contribution in [2.45, 2.75) is 24.3 Å². The van der Waals surface area contributed by atoms with Crippen molar-refractivity contribution in [1.29, 1.82) is 0 Å². The van der Waals surface area contributed by atoms with Gasteiger partial charge >= 0.3 is 5.97 Å². The van der Waals surface area contributed by atoms with Gasteiger partial charge in [0.25, 0.3) is 0 Å². The Hall–Kier alpha value is -1.11. The van der Waals surface area contributed by atoms with Crippen molar-refractivity contribution < 1.29 is 18.3 Å². The molecule has 1 aromatic carbocycles. The molecule has 1 aromatic rings. The maximum atomic E-state index is 12.0. The number of aromatic carboxylic acids is 1. The predicted molar refractivity (Wildman–Crippen MR) is 79.4 cm³/mol. The number of carboxylic acids is 1. The second kappa shape index (κ2) is 6.36. The van der Waals surface area contributed by atoms with Crippen LogP contribution in [0.2, 0.25) is 0 Å². The molecular weight excluding hydrogens is 381 g/mol. The first-order valence-electron chi connectivity index (χ1n) is 5.33. The van der Waals surface area contributed by atoms with E-state index in [0.717, 1.165) is 6.07 Å². The fourth-order valence-electron chi connectivity index (χ4n) is 1.33. The van der Waals surface area contributed by atoms with Crippen LogP contribution in [0.5, 0.6) is 0 Å². The number of benzene rings is 1. The summed E-state index contributed by atoms with van der Waals surface area (Å²) in [5.41, 5.74) is -0.0581. The summed E-state index contributed by atoms with van der Waals surface area (Å²) in [7, 11) is -3.82. The van der Waals surface area contributed by atoms with Crippen molar-refractivity contribution in [3.05, 3.63) is 27.3 Å². The molecule has 1 rings (SSSR count). The molecule has 0 aromatic heterocycles. The Labute approximate surface area is 125 Å². The van der Waals surface area contributed by atoms with Crippen LogP contribution in [0.25, 0.3) is 0 Å². The molecule has 102 valence electrons. The van der Waals surface area contributed by atoms with Gasteiger partial charge in [0, 0.05) is 3.57 Å². The summed E-state index contributed by atoms with van der Waals surface area (Å²) in [6, 6.07) is 3.29. The number of terminal acetylenes is 1. The molecule has 1 atom stereocenters. The predicted octanol–water partition coefficient (Wildman–Crippen LogP) is 1.68. The molecule has 0 aliphatic rings. The quantitative estimate of drug-likeness (QED) is 0.589. The van der Waals surface area contributed by atoms with Gasteiger partial charge in [0.05, 0.1) is 16.5 Å². The smallest absolute Gasteiger partial charge is 0.336 e. The SMILES string of the molecule is C#CC(CC)NS(=O)(=O)c1ccc(I)c(C(=O)O)c1. The van der Waals surface area contributed by atoms with Crippen molar-refractivity contribution in [3.8, 4) is 12.3 Å². The summed E-state index contributed by atoms with van der Waals surface area (Å²) >= 11 is 1.83. The molecule has 0 saturated heterocycles.